The normalized spacial score (nSPS) is 18.3. The van der Waals surface area contributed by atoms with Crippen molar-refractivity contribution in [1.29, 1.82) is 0 Å². The monoisotopic (exact) mass is 314 g/mol. The maximum atomic E-state index is 12.3. The second kappa shape index (κ2) is 7.02. The molecule has 1 aromatic heterocycles. The predicted octanol–water partition coefficient (Wildman–Crippen LogP) is 3.00. The van der Waals surface area contributed by atoms with Crippen LogP contribution in [0, 0.1) is 12.8 Å². The number of piperidine rings is 1. The Morgan fingerprint density at radius 1 is 1.48 bits per heavy atom. The molecule has 3 rings (SSSR count). The molecule has 0 saturated carbocycles. The average Bonchev–Trinajstić information content (AvgIpc) is 2.98. The Labute approximate surface area is 137 Å². The molecule has 2 aromatic rings. The van der Waals surface area contributed by atoms with Crippen molar-refractivity contribution in [3.05, 3.63) is 23.8 Å². The summed E-state index contributed by atoms with van der Waals surface area (Å²) in [7, 11) is 0. The Hall–Kier alpha value is -2.04. The lowest BCUT2D eigenvalue weighted by Gasteiger charge is -2.31. The fourth-order valence-corrected chi connectivity index (χ4v) is 3.18. The number of benzene rings is 1. The van der Waals surface area contributed by atoms with Gasteiger partial charge in [-0.1, -0.05) is 19.4 Å². The predicted molar refractivity (Wildman–Crippen MR) is 93.7 cm³/mol. The molecule has 0 radical (unpaired) electrons. The average molecular weight is 314 g/mol. The number of aromatic amines is 1. The summed E-state index contributed by atoms with van der Waals surface area (Å²) >= 11 is 0. The van der Waals surface area contributed by atoms with Crippen LogP contribution in [0.1, 0.15) is 38.2 Å². The summed E-state index contributed by atoms with van der Waals surface area (Å²) < 4.78 is 0. The second-order valence-electron chi connectivity index (χ2n) is 6.51. The maximum absolute atomic E-state index is 12.3. The highest BCUT2D eigenvalue weighted by atomic mass is 16.1. The Morgan fingerprint density at radius 3 is 3.17 bits per heavy atom. The molecule has 2 N–H and O–H groups in total. The molecular weight excluding hydrogens is 288 g/mol. The third kappa shape index (κ3) is 3.66. The van der Waals surface area contributed by atoms with Gasteiger partial charge in [0.15, 0.2) is 0 Å². The van der Waals surface area contributed by atoms with Crippen LogP contribution in [0.4, 0.5) is 5.95 Å². The Bertz CT molecular complexity index is 679. The van der Waals surface area contributed by atoms with Crippen LogP contribution in [0.5, 0.6) is 0 Å². The van der Waals surface area contributed by atoms with Crippen LogP contribution in [0.3, 0.4) is 0 Å². The van der Waals surface area contributed by atoms with Gasteiger partial charge in [-0.2, -0.15) is 0 Å². The summed E-state index contributed by atoms with van der Waals surface area (Å²) in [6, 6.07) is 6.24. The van der Waals surface area contributed by atoms with Gasteiger partial charge >= 0.3 is 0 Å². The van der Waals surface area contributed by atoms with E-state index in [9.17, 15) is 4.79 Å². The van der Waals surface area contributed by atoms with E-state index in [-0.39, 0.29) is 11.8 Å². The standard InChI is InChI=1S/C18H26N4O/c1-3-4-9-19-17(23)14-6-5-10-22(12-14)18-20-15-8-7-13(2)11-16(15)21-18/h7-8,11,14H,3-6,9-10,12H2,1-2H3,(H,19,23)(H,20,21)/t14-/m1/s1. The molecule has 1 atom stereocenters. The lowest BCUT2D eigenvalue weighted by molar-refractivity contribution is -0.125. The lowest BCUT2D eigenvalue weighted by atomic mass is 9.97. The lowest BCUT2D eigenvalue weighted by Crippen LogP contribution is -2.43. The minimum atomic E-state index is 0.0653. The van der Waals surface area contributed by atoms with Crippen LogP contribution in [0.2, 0.25) is 0 Å². The smallest absolute Gasteiger partial charge is 0.224 e. The van der Waals surface area contributed by atoms with Gasteiger partial charge in [-0.05, 0) is 43.9 Å². The van der Waals surface area contributed by atoms with E-state index in [2.05, 4.69) is 46.2 Å². The number of imidazole rings is 1. The SMILES string of the molecule is CCCCNC(=O)[C@@H]1CCCN(c2nc3ccc(C)cc3[nH]2)C1. The second-order valence-corrected chi connectivity index (χ2v) is 6.51. The quantitative estimate of drug-likeness (QED) is 0.834. The van der Waals surface area contributed by atoms with Gasteiger partial charge in [0, 0.05) is 19.6 Å². The van der Waals surface area contributed by atoms with Crippen molar-refractivity contribution in [2.45, 2.75) is 39.5 Å². The number of H-pyrrole nitrogens is 1. The van der Waals surface area contributed by atoms with Crippen molar-refractivity contribution >= 4 is 22.9 Å². The third-order valence-electron chi connectivity index (χ3n) is 4.55. The zero-order valence-electron chi connectivity index (χ0n) is 14.1. The Morgan fingerprint density at radius 2 is 2.35 bits per heavy atom. The number of fused-ring (bicyclic) bond motifs is 1. The van der Waals surface area contributed by atoms with E-state index >= 15 is 0 Å². The number of hydrogen-bond acceptors (Lipinski definition) is 3. The molecule has 5 heteroatoms. The number of nitrogens with zero attached hydrogens (tertiary/aromatic N) is 2. The van der Waals surface area contributed by atoms with E-state index < -0.39 is 0 Å². The number of unbranched alkanes of at least 4 members (excludes halogenated alkanes) is 1. The first kappa shape index (κ1) is 15.8. The highest BCUT2D eigenvalue weighted by Gasteiger charge is 2.27. The molecule has 23 heavy (non-hydrogen) atoms. The molecule has 0 bridgehead atoms. The largest absolute Gasteiger partial charge is 0.356 e. The molecular formula is C18H26N4O. The topological polar surface area (TPSA) is 61.0 Å². The van der Waals surface area contributed by atoms with Gasteiger partial charge in [0.05, 0.1) is 17.0 Å². The first-order chi connectivity index (χ1) is 11.2. The van der Waals surface area contributed by atoms with Gasteiger partial charge in [-0.3, -0.25) is 4.79 Å². The summed E-state index contributed by atoms with van der Waals surface area (Å²) in [5.41, 5.74) is 3.27. The van der Waals surface area contributed by atoms with Gasteiger partial charge in [-0.25, -0.2) is 4.98 Å². The number of nitrogens with one attached hydrogen (secondary N) is 2. The molecule has 1 aromatic carbocycles. The fraction of sp³-hybridized carbons (Fsp3) is 0.556. The summed E-state index contributed by atoms with van der Waals surface area (Å²) in [6.45, 7) is 6.71. The van der Waals surface area contributed by atoms with Crippen LogP contribution in [0.15, 0.2) is 18.2 Å². The van der Waals surface area contributed by atoms with Crippen molar-refractivity contribution in [2.24, 2.45) is 5.92 Å². The number of hydrogen-bond donors (Lipinski definition) is 2. The van der Waals surface area contributed by atoms with Gasteiger partial charge in [0.1, 0.15) is 0 Å². The number of carbonyl (C=O) groups excluding carboxylic acids is 1. The summed E-state index contributed by atoms with van der Waals surface area (Å²) in [5, 5.41) is 3.06. The van der Waals surface area contributed by atoms with E-state index in [0.29, 0.717) is 0 Å². The molecule has 1 fully saturated rings. The first-order valence-electron chi connectivity index (χ1n) is 8.66. The highest BCUT2D eigenvalue weighted by Crippen LogP contribution is 2.24. The van der Waals surface area contributed by atoms with Crippen molar-refractivity contribution in [1.82, 2.24) is 15.3 Å². The minimum Gasteiger partial charge on any atom is -0.356 e. The fourth-order valence-electron chi connectivity index (χ4n) is 3.18. The molecule has 1 aliphatic heterocycles. The molecule has 0 unspecified atom stereocenters. The molecule has 0 spiro atoms. The zero-order valence-corrected chi connectivity index (χ0v) is 14.1. The number of rotatable bonds is 5. The van der Waals surface area contributed by atoms with Crippen LogP contribution < -0.4 is 10.2 Å². The Kier molecular flexibility index (Phi) is 4.84. The van der Waals surface area contributed by atoms with Crippen molar-refractivity contribution < 1.29 is 4.79 Å². The Balaban J connectivity index is 1.68. The van der Waals surface area contributed by atoms with Crippen LogP contribution in [-0.4, -0.2) is 35.5 Å². The molecule has 1 amide bonds. The minimum absolute atomic E-state index is 0.0653. The van der Waals surface area contributed by atoms with Crippen LogP contribution in [-0.2, 0) is 4.79 Å². The number of aryl methyl sites for hydroxylation is 1. The number of amides is 1. The molecule has 1 aliphatic rings. The van der Waals surface area contributed by atoms with Crippen LogP contribution >= 0.6 is 0 Å². The van der Waals surface area contributed by atoms with Crippen molar-refractivity contribution in [3.63, 3.8) is 0 Å². The number of anilines is 1. The zero-order chi connectivity index (χ0) is 16.2. The molecule has 2 heterocycles. The van der Waals surface area contributed by atoms with Crippen molar-refractivity contribution in [2.75, 3.05) is 24.5 Å². The van der Waals surface area contributed by atoms with E-state index in [1.165, 1.54) is 5.56 Å². The van der Waals surface area contributed by atoms with Gasteiger partial charge in [0.25, 0.3) is 0 Å². The summed E-state index contributed by atoms with van der Waals surface area (Å²) in [5.74, 6) is 1.14. The number of carbonyl (C=O) groups is 1. The van der Waals surface area contributed by atoms with Crippen LogP contribution in [0.25, 0.3) is 11.0 Å². The highest BCUT2D eigenvalue weighted by molar-refractivity contribution is 5.80. The summed E-state index contributed by atoms with van der Waals surface area (Å²) in [6.07, 6.45) is 4.15. The summed E-state index contributed by atoms with van der Waals surface area (Å²) in [4.78, 5) is 22.6. The maximum Gasteiger partial charge on any atom is 0.224 e. The van der Waals surface area contributed by atoms with Gasteiger partial charge in [-0.15, -0.1) is 0 Å². The third-order valence-corrected chi connectivity index (χ3v) is 4.55. The van der Waals surface area contributed by atoms with E-state index in [1.807, 2.05) is 6.07 Å². The van der Waals surface area contributed by atoms with E-state index in [0.717, 1.165) is 62.3 Å². The van der Waals surface area contributed by atoms with Crippen molar-refractivity contribution in [3.8, 4) is 0 Å². The van der Waals surface area contributed by atoms with Gasteiger partial charge in [0.2, 0.25) is 11.9 Å². The number of aromatic nitrogens is 2. The van der Waals surface area contributed by atoms with E-state index in [1.54, 1.807) is 0 Å². The first-order valence-corrected chi connectivity index (χ1v) is 8.66. The molecule has 1 saturated heterocycles. The van der Waals surface area contributed by atoms with Gasteiger partial charge < -0.3 is 15.2 Å². The molecule has 0 aliphatic carbocycles. The molecule has 5 nitrogen and oxygen atoms in total. The molecule has 124 valence electrons. The van der Waals surface area contributed by atoms with E-state index in [4.69, 9.17) is 0 Å².